The number of aryl methyl sites for hydroxylation is 2. The Labute approximate surface area is 99.0 Å². The Morgan fingerprint density at radius 3 is 2.69 bits per heavy atom. The molecule has 0 fully saturated rings. The van der Waals surface area contributed by atoms with Crippen molar-refractivity contribution in [3.63, 3.8) is 0 Å². The van der Waals surface area contributed by atoms with Gasteiger partial charge in [0.15, 0.2) is 0 Å². The number of hydrogen-bond acceptors (Lipinski definition) is 2. The molecule has 0 aliphatic carbocycles. The summed E-state index contributed by atoms with van der Waals surface area (Å²) in [6, 6.07) is 2.27. The first-order valence-corrected chi connectivity index (χ1v) is 6.49. The van der Waals surface area contributed by atoms with Crippen molar-refractivity contribution in [1.82, 2.24) is 9.78 Å². The number of unbranched alkanes of at least 4 members (excludes halogenated alkanes) is 3. The van der Waals surface area contributed by atoms with Crippen molar-refractivity contribution in [2.24, 2.45) is 5.73 Å². The molecule has 2 N–H and O–H groups in total. The second-order valence-corrected chi connectivity index (χ2v) is 4.48. The van der Waals surface area contributed by atoms with E-state index >= 15 is 0 Å². The predicted molar refractivity (Wildman–Crippen MR) is 68.3 cm³/mol. The van der Waals surface area contributed by atoms with E-state index in [1.165, 1.54) is 31.4 Å². The SMILES string of the molecule is CCCCCCC(N)c1cc(C)nn1CC. The third kappa shape index (κ3) is 3.63. The molecular weight excluding hydrogens is 198 g/mol. The summed E-state index contributed by atoms with van der Waals surface area (Å²) in [4.78, 5) is 0. The van der Waals surface area contributed by atoms with Crippen LogP contribution in [0.25, 0.3) is 0 Å². The van der Waals surface area contributed by atoms with Gasteiger partial charge in [-0.2, -0.15) is 5.10 Å². The van der Waals surface area contributed by atoms with Crippen molar-refractivity contribution >= 4 is 0 Å². The summed E-state index contributed by atoms with van der Waals surface area (Å²) in [7, 11) is 0. The summed E-state index contributed by atoms with van der Waals surface area (Å²) in [6.45, 7) is 7.28. The highest BCUT2D eigenvalue weighted by Gasteiger charge is 2.12. The summed E-state index contributed by atoms with van der Waals surface area (Å²) >= 11 is 0. The van der Waals surface area contributed by atoms with E-state index in [1.54, 1.807) is 0 Å². The Balaban J connectivity index is 2.48. The first kappa shape index (κ1) is 13.2. The van der Waals surface area contributed by atoms with Crippen LogP contribution in [-0.4, -0.2) is 9.78 Å². The molecule has 0 bridgehead atoms. The van der Waals surface area contributed by atoms with Gasteiger partial charge in [-0.05, 0) is 26.3 Å². The van der Waals surface area contributed by atoms with Crippen LogP contribution < -0.4 is 5.73 Å². The molecule has 0 amide bonds. The van der Waals surface area contributed by atoms with E-state index in [2.05, 4.69) is 25.0 Å². The van der Waals surface area contributed by atoms with E-state index < -0.39 is 0 Å². The third-order valence-corrected chi connectivity index (χ3v) is 2.98. The fourth-order valence-corrected chi connectivity index (χ4v) is 2.06. The van der Waals surface area contributed by atoms with Crippen LogP contribution in [0, 0.1) is 6.92 Å². The first-order valence-electron chi connectivity index (χ1n) is 6.49. The largest absolute Gasteiger partial charge is 0.323 e. The zero-order valence-electron chi connectivity index (χ0n) is 10.9. The second kappa shape index (κ2) is 6.69. The fourth-order valence-electron chi connectivity index (χ4n) is 2.06. The minimum absolute atomic E-state index is 0.151. The highest BCUT2D eigenvalue weighted by atomic mass is 15.3. The van der Waals surface area contributed by atoms with Crippen LogP contribution in [0.1, 0.15) is 63.4 Å². The first-order chi connectivity index (χ1) is 7.69. The zero-order chi connectivity index (χ0) is 12.0. The Bertz CT molecular complexity index is 304. The quantitative estimate of drug-likeness (QED) is 0.721. The highest BCUT2D eigenvalue weighted by molar-refractivity contribution is 5.12. The lowest BCUT2D eigenvalue weighted by Crippen LogP contribution is -2.15. The topological polar surface area (TPSA) is 43.8 Å². The van der Waals surface area contributed by atoms with Crippen LogP contribution in [0.3, 0.4) is 0 Å². The molecule has 0 radical (unpaired) electrons. The van der Waals surface area contributed by atoms with E-state index in [0.717, 1.165) is 18.7 Å². The number of nitrogens with zero attached hydrogens (tertiary/aromatic N) is 2. The van der Waals surface area contributed by atoms with E-state index in [1.807, 2.05) is 11.6 Å². The lowest BCUT2D eigenvalue weighted by Gasteiger charge is -2.12. The number of aromatic nitrogens is 2. The van der Waals surface area contributed by atoms with Crippen molar-refractivity contribution < 1.29 is 0 Å². The molecule has 0 spiro atoms. The van der Waals surface area contributed by atoms with Gasteiger partial charge in [0.05, 0.1) is 11.4 Å². The predicted octanol–water partition coefficient (Wildman–Crippen LogP) is 3.18. The molecule has 0 aliphatic rings. The molecule has 16 heavy (non-hydrogen) atoms. The van der Waals surface area contributed by atoms with Crippen LogP contribution in [0.5, 0.6) is 0 Å². The molecule has 1 rings (SSSR count). The standard InChI is InChI=1S/C13H25N3/c1-4-6-7-8-9-12(14)13-10-11(3)15-16(13)5-2/h10,12H,4-9,14H2,1-3H3. The maximum atomic E-state index is 6.21. The highest BCUT2D eigenvalue weighted by Crippen LogP contribution is 2.18. The van der Waals surface area contributed by atoms with Gasteiger partial charge in [-0.1, -0.05) is 32.6 Å². The summed E-state index contributed by atoms with van der Waals surface area (Å²) in [5.41, 5.74) is 8.47. The molecule has 3 nitrogen and oxygen atoms in total. The van der Waals surface area contributed by atoms with Gasteiger partial charge in [-0.15, -0.1) is 0 Å². The second-order valence-electron chi connectivity index (χ2n) is 4.48. The molecule has 0 saturated carbocycles. The molecule has 0 aliphatic heterocycles. The lowest BCUT2D eigenvalue weighted by molar-refractivity contribution is 0.515. The van der Waals surface area contributed by atoms with Gasteiger partial charge in [0.25, 0.3) is 0 Å². The van der Waals surface area contributed by atoms with E-state index in [-0.39, 0.29) is 6.04 Å². The summed E-state index contributed by atoms with van der Waals surface area (Å²) in [5, 5.41) is 4.43. The molecule has 1 aromatic rings. The molecule has 1 atom stereocenters. The van der Waals surface area contributed by atoms with Crippen LogP contribution in [0.4, 0.5) is 0 Å². The maximum Gasteiger partial charge on any atom is 0.0597 e. The molecule has 0 saturated heterocycles. The van der Waals surface area contributed by atoms with Crippen molar-refractivity contribution in [1.29, 1.82) is 0 Å². The third-order valence-electron chi connectivity index (χ3n) is 2.98. The van der Waals surface area contributed by atoms with Gasteiger partial charge in [0, 0.05) is 12.6 Å². The maximum absolute atomic E-state index is 6.21. The lowest BCUT2D eigenvalue weighted by atomic mass is 10.1. The molecular formula is C13H25N3. The van der Waals surface area contributed by atoms with Gasteiger partial charge in [-0.25, -0.2) is 0 Å². The van der Waals surface area contributed by atoms with Crippen LogP contribution >= 0.6 is 0 Å². The van der Waals surface area contributed by atoms with Gasteiger partial charge >= 0.3 is 0 Å². The monoisotopic (exact) mass is 223 g/mol. The van der Waals surface area contributed by atoms with Crippen molar-refractivity contribution in [2.75, 3.05) is 0 Å². The summed E-state index contributed by atoms with van der Waals surface area (Å²) < 4.78 is 2.03. The minimum Gasteiger partial charge on any atom is -0.323 e. The van der Waals surface area contributed by atoms with E-state index in [9.17, 15) is 0 Å². The molecule has 92 valence electrons. The Kier molecular flexibility index (Phi) is 5.53. The molecule has 0 aromatic carbocycles. The molecule has 1 aromatic heterocycles. The zero-order valence-corrected chi connectivity index (χ0v) is 10.9. The van der Waals surface area contributed by atoms with Crippen LogP contribution in [-0.2, 0) is 6.54 Å². The Morgan fingerprint density at radius 2 is 2.06 bits per heavy atom. The number of nitrogens with two attached hydrogens (primary N) is 1. The normalized spacial score (nSPS) is 13.0. The smallest absolute Gasteiger partial charge is 0.0597 e. The summed E-state index contributed by atoms with van der Waals surface area (Å²) in [5.74, 6) is 0. The average molecular weight is 223 g/mol. The van der Waals surface area contributed by atoms with Gasteiger partial charge in [-0.3, -0.25) is 4.68 Å². The van der Waals surface area contributed by atoms with Crippen molar-refractivity contribution in [2.45, 2.75) is 65.5 Å². The van der Waals surface area contributed by atoms with E-state index in [4.69, 9.17) is 5.73 Å². The number of hydrogen-bond donors (Lipinski definition) is 1. The van der Waals surface area contributed by atoms with Gasteiger partial charge < -0.3 is 5.73 Å². The molecule has 1 heterocycles. The Hall–Kier alpha value is -0.830. The summed E-state index contributed by atoms with van der Waals surface area (Å²) in [6.07, 6.45) is 6.19. The fraction of sp³-hybridized carbons (Fsp3) is 0.769. The Morgan fingerprint density at radius 1 is 1.31 bits per heavy atom. The average Bonchev–Trinajstić information content (AvgIpc) is 2.65. The van der Waals surface area contributed by atoms with Crippen molar-refractivity contribution in [3.05, 3.63) is 17.5 Å². The molecule has 3 heteroatoms. The van der Waals surface area contributed by atoms with Crippen LogP contribution in [0.2, 0.25) is 0 Å². The minimum atomic E-state index is 0.151. The van der Waals surface area contributed by atoms with Gasteiger partial charge in [0.1, 0.15) is 0 Å². The van der Waals surface area contributed by atoms with Crippen molar-refractivity contribution in [3.8, 4) is 0 Å². The van der Waals surface area contributed by atoms with E-state index in [0.29, 0.717) is 0 Å². The van der Waals surface area contributed by atoms with Crippen LogP contribution in [0.15, 0.2) is 6.07 Å². The number of rotatable bonds is 7. The molecule has 1 unspecified atom stereocenters. The van der Waals surface area contributed by atoms with Gasteiger partial charge in [0.2, 0.25) is 0 Å².